The molecule has 0 aromatic heterocycles. The number of benzene rings is 2. The van der Waals surface area contributed by atoms with Crippen molar-refractivity contribution in [1.82, 2.24) is 15.5 Å². The van der Waals surface area contributed by atoms with Crippen molar-refractivity contribution >= 4 is 35.7 Å². The largest absolute Gasteiger partial charge is 0.490 e. The first-order valence-corrected chi connectivity index (χ1v) is 15.6. The van der Waals surface area contributed by atoms with E-state index in [4.69, 9.17) is 25.5 Å². The number of amides is 2. The highest BCUT2D eigenvalue weighted by Crippen LogP contribution is 2.21. The molecule has 0 spiro atoms. The number of nitrogens with zero attached hydrogens (tertiary/aromatic N) is 1. The van der Waals surface area contributed by atoms with Crippen molar-refractivity contribution in [3.05, 3.63) is 71.0 Å². The summed E-state index contributed by atoms with van der Waals surface area (Å²) in [5.41, 5.74) is 6.63. The van der Waals surface area contributed by atoms with Crippen LogP contribution in [0.2, 0.25) is 0 Å². The van der Waals surface area contributed by atoms with Gasteiger partial charge in [-0.15, -0.1) is 0 Å². The molecule has 2 aromatic carbocycles. The average Bonchev–Trinajstić information content (AvgIpc) is 3.48. The molecule has 1 aliphatic rings. The van der Waals surface area contributed by atoms with Gasteiger partial charge in [0.05, 0.1) is 6.04 Å². The number of carbonyl (C=O) groups is 6. The lowest BCUT2D eigenvalue weighted by Crippen LogP contribution is -2.53. The van der Waals surface area contributed by atoms with Crippen molar-refractivity contribution in [3.63, 3.8) is 0 Å². The van der Waals surface area contributed by atoms with Crippen molar-refractivity contribution in [2.45, 2.75) is 81.6 Å². The molecular weight excluding hydrogens is 771 g/mol. The third-order valence-electron chi connectivity index (χ3n) is 7.42. The Morgan fingerprint density at radius 1 is 0.855 bits per heavy atom. The Kier molecular flexibility index (Phi) is 18.0. The van der Waals surface area contributed by atoms with Crippen LogP contribution in [-0.2, 0) is 41.6 Å². The number of alkyl halides is 6. The van der Waals surface area contributed by atoms with Crippen LogP contribution < -0.4 is 16.4 Å². The quantitative estimate of drug-likeness (QED) is 0.114. The molecule has 1 aliphatic heterocycles. The Bertz CT molecular complexity index is 1640. The number of carbonyl (C=O) groups excluding carboxylic acids is 2. The molecule has 1 fully saturated rings. The van der Waals surface area contributed by atoms with E-state index in [0.717, 1.165) is 10.5 Å². The van der Waals surface area contributed by atoms with Gasteiger partial charge >= 0.3 is 36.2 Å². The summed E-state index contributed by atoms with van der Waals surface area (Å²) in [6, 6.07) is 5.27. The van der Waals surface area contributed by atoms with Crippen LogP contribution in [0.25, 0.3) is 0 Å². The van der Waals surface area contributed by atoms with Gasteiger partial charge in [0.1, 0.15) is 17.9 Å². The van der Waals surface area contributed by atoms with Crippen LogP contribution in [0.15, 0.2) is 42.5 Å². The van der Waals surface area contributed by atoms with E-state index in [2.05, 4.69) is 10.6 Å². The predicted molar refractivity (Wildman–Crippen MR) is 168 cm³/mol. The molecule has 3 rings (SSSR count). The zero-order chi connectivity index (χ0) is 42.4. The lowest BCUT2D eigenvalue weighted by molar-refractivity contribution is -0.193. The maximum atomic E-state index is 13.9. The van der Waals surface area contributed by atoms with Gasteiger partial charge in [-0.3, -0.25) is 19.7 Å². The van der Waals surface area contributed by atoms with Gasteiger partial charge in [-0.25, -0.2) is 27.6 Å². The predicted octanol–water partition coefficient (Wildman–Crippen LogP) is 2.86. The minimum atomic E-state index is -5.08. The Morgan fingerprint density at radius 3 is 1.84 bits per heavy atom. The number of nitrogens with one attached hydrogen (secondary N) is 2. The van der Waals surface area contributed by atoms with Crippen LogP contribution in [0.1, 0.15) is 37.3 Å². The number of aliphatic carboxylic acids is 4. The summed E-state index contributed by atoms with van der Waals surface area (Å²) in [6.07, 6.45) is -10.2. The summed E-state index contributed by atoms with van der Waals surface area (Å²) in [7, 11) is 0. The number of halogens is 9. The minimum Gasteiger partial charge on any atom is -0.480 e. The molecule has 1 saturated heterocycles. The number of aryl methyl sites for hydroxylation is 1. The molecule has 0 unspecified atom stereocenters. The number of carboxylic acid groups (broad SMARTS) is 4. The van der Waals surface area contributed by atoms with E-state index >= 15 is 0 Å². The first kappa shape index (κ1) is 47.6. The summed E-state index contributed by atoms with van der Waals surface area (Å²) >= 11 is 0. The second kappa shape index (κ2) is 20.9. The number of hydrogen-bond acceptors (Lipinski definition) is 8. The summed E-state index contributed by atoms with van der Waals surface area (Å²) in [5, 5.41) is 39.0. The zero-order valence-electron chi connectivity index (χ0n) is 28.3. The van der Waals surface area contributed by atoms with E-state index in [1.54, 1.807) is 0 Å². The van der Waals surface area contributed by atoms with Crippen LogP contribution in [0.3, 0.4) is 0 Å². The van der Waals surface area contributed by atoms with Crippen molar-refractivity contribution in [2.24, 2.45) is 5.73 Å². The minimum absolute atomic E-state index is 0.0943. The van der Waals surface area contributed by atoms with Crippen molar-refractivity contribution in [1.29, 1.82) is 0 Å². The van der Waals surface area contributed by atoms with E-state index in [1.165, 1.54) is 6.92 Å². The Hall–Kier alpha value is -5.45. The SMILES string of the molecule is C[C@H](N[C@@H](CCc1ccccc1)C(=O)O)C(=O)N1C[C@H](NC(=O)C[C@H](N)Cc2cc(F)c(F)cc2F)C[C@H]1C(=O)O.O=C(O)C(F)(F)F.O=C(O)C(F)(F)F. The highest BCUT2D eigenvalue weighted by Gasteiger charge is 2.42. The summed E-state index contributed by atoms with van der Waals surface area (Å²) in [5.74, 6) is -12.8. The lowest BCUT2D eigenvalue weighted by atomic mass is 10.0. The summed E-state index contributed by atoms with van der Waals surface area (Å²) in [4.78, 5) is 68.3. The zero-order valence-corrected chi connectivity index (χ0v) is 28.3. The fourth-order valence-electron chi connectivity index (χ4n) is 4.87. The van der Waals surface area contributed by atoms with Gasteiger partial charge in [-0.05, 0) is 43.4 Å². The molecule has 5 atom stereocenters. The molecule has 2 aromatic rings. The molecule has 8 N–H and O–H groups in total. The topological polar surface area (TPSA) is 237 Å². The van der Waals surface area contributed by atoms with Gasteiger partial charge in [0, 0.05) is 37.5 Å². The lowest BCUT2D eigenvalue weighted by Gasteiger charge is -2.27. The molecule has 2 amide bonds. The van der Waals surface area contributed by atoms with Crippen LogP contribution in [0.4, 0.5) is 39.5 Å². The van der Waals surface area contributed by atoms with Crippen molar-refractivity contribution in [3.8, 4) is 0 Å². The number of carboxylic acids is 4. The molecule has 306 valence electrons. The highest BCUT2D eigenvalue weighted by atomic mass is 19.4. The Labute approximate surface area is 305 Å². The summed E-state index contributed by atoms with van der Waals surface area (Å²) < 4.78 is 104. The number of likely N-dealkylation sites (tertiary alicyclic amines) is 1. The molecule has 55 heavy (non-hydrogen) atoms. The number of nitrogens with two attached hydrogens (primary N) is 1. The average molecular weight is 807 g/mol. The van der Waals surface area contributed by atoms with E-state index in [0.29, 0.717) is 18.6 Å². The van der Waals surface area contributed by atoms with Gasteiger partial charge in [-0.1, -0.05) is 30.3 Å². The van der Waals surface area contributed by atoms with E-state index in [-0.39, 0.29) is 37.8 Å². The standard InChI is InChI=1S/C28H33F3N4O6.2C2HF3O2/c1-15(33-23(27(38)39)8-7-16-5-3-2-4-6-16)26(37)35-14-19(12-24(35)28(40)41)34-25(36)11-18(32)9-17-10-21(30)22(31)13-20(17)29;2*3-2(4,5)1(6)7/h2-6,10,13,15,18-19,23-24,33H,7-9,11-12,14,32H2,1H3,(H,34,36)(H,38,39)(H,40,41);2*(H,6,7)/t15-,18+,19+,23-,24-;;/m0../s1. The Balaban J connectivity index is 0.000000913. The number of hydrogen-bond donors (Lipinski definition) is 7. The van der Waals surface area contributed by atoms with E-state index < -0.39 is 95.7 Å². The highest BCUT2D eigenvalue weighted by molar-refractivity contribution is 5.88. The number of rotatable bonds is 13. The first-order chi connectivity index (χ1) is 25.2. The van der Waals surface area contributed by atoms with Crippen molar-refractivity contribution in [2.75, 3.05) is 6.54 Å². The monoisotopic (exact) mass is 806 g/mol. The van der Waals surface area contributed by atoms with Crippen LogP contribution >= 0.6 is 0 Å². The normalized spacial score (nSPS) is 17.0. The van der Waals surface area contributed by atoms with Crippen LogP contribution in [0, 0.1) is 17.5 Å². The van der Waals surface area contributed by atoms with E-state index in [1.807, 2.05) is 30.3 Å². The molecule has 14 nitrogen and oxygen atoms in total. The molecule has 23 heteroatoms. The van der Waals surface area contributed by atoms with Gasteiger partial charge in [0.25, 0.3) is 0 Å². The molecule has 0 aliphatic carbocycles. The second-order valence-corrected chi connectivity index (χ2v) is 11.8. The second-order valence-electron chi connectivity index (χ2n) is 11.8. The van der Waals surface area contributed by atoms with Crippen LogP contribution in [0.5, 0.6) is 0 Å². The summed E-state index contributed by atoms with van der Waals surface area (Å²) in [6.45, 7) is 1.31. The maximum absolute atomic E-state index is 13.9. The molecule has 0 bridgehead atoms. The fraction of sp³-hybridized carbons (Fsp3) is 0.438. The van der Waals surface area contributed by atoms with Gasteiger partial charge in [-0.2, -0.15) is 26.3 Å². The molecule has 0 radical (unpaired) electrons. The van der Waals surface area contributed by atoms with Gasteiger partial charge in [0.2, 0.25) is 11.8 Å². The smallest absolute Gasteiger partial charge is 0.480 e. The fourth-order valence-corrected chi connectivity index (χ4v) is 4.87. The molecule has 0 saturated carbocycles. The van der Waals surface area contributed by atoms with Gasteiger partial charge < -0.3 is 36.4 Å². The third kappa shape index (κ3) is 16.6. The molecule has 1 heterocycles. The van der Waals surface area contributed by atoms with Crippen LogP contribution in [-0.4, -0.2) is 110 Å². The van der Waals surface area contributed by atoms with E-state index in [9.17, 15) is 68.9 Å². The molecular formula is C32H35F9N4O10. The maximum Gasteiger partial charge on any atom is 0.490 e. The van der Waals surface area contributed by atoms with Crippen molar-refractivity contribution < 1.29 is 88.7 Å². The van der Waals surface area contributed by atoms with Gasteiger partial charge in [0.15, 0.2) is 11.6 Å². The third-order valence-corrected chi connectivity index (χ3v) is 7.42. The Morgan fingerprint density at radius 2 is 1.36 bits per heavy atom. The first-order valence-electron chi connectivity index (χ1n) is 15.6.